The summed E-state index contributed by atoms with van der Waals surface area (Å²) in [5, 5.41) is 3.05. The van der Waals surface area contributed by atoms with Crippen molar-refractivity contribution >= 4 is 11.8 Å². The standard InChI is InChI=1S/C17H22N2O2/c1-11-6-5-7-12-13(11)10-19(15(12)21)17(4)9-8-14(20)18-16(17,2)3/h5-7H,8-10H2,1-4H3,(H,18,20). The summed E-state index contributed by atoms with van der Waals surface area (Å²) in [4.78, 5) is 26.5. The van der Waals surface area contributed by atoms with E-state index < -0.39 is 5.54 Å². The van der Waals surface area contributed by atoms with Gasteiger partial charge in [-0.05, 0) is 51.3 Å². The minimum Gasteiger partial charge on any atom is -0.349 e. The van der Waals surface area contributed by atoms with Crippen LogP contribution in [0.15, 0.2) is 18.2 Å². The average Bonchev–Trinajstić information content (AvgIpc) is 2.74. The van der Waals surface area contributed by atoms with Gasteiger partial charge in [-0.2, -0.15) is 0 Å². The van der Waals surface area contributed by atoms with E-state index >= 15 is 0 Å². The lowest BCUT2D eigenvalue weighted by atomic mass is 9.73. The zero-order valence-corrected chi connectivity index (χ0v) is 13.1. The fourth-order valence-corrected chi connectivity index (χ4v) is 3.57. The van der Waals surface area contributed by atoms with Gasteiger partial charge in [0.1, 0.15) is 0 Å². The van der Waals surface area contributed by atoms with Gasteiger partial charge in [-0.25, -0.2) is 0 Å². The van der Waals surface area contributed by atoms with Gasteiger partial charge < -0.3 is 10.2 Å². The van der Waals surface area contributed by atoms with E-state index in [2.05, 4.69) is 12.2 Å². The first-order valence-corrected chi connectivity index (χ1v) is 7.48. The van der Waals surface area contributed by atoms with Gasteiger partial charge in [-0.1, -0.05) is 12.1 Å². The summed E-state index contributed by atoms with van der Waals surface area (Å²) in [6, 6.07) is 5.89. The zero-order valence-electron chi connectivity index (χ0n) is 13.1. The van der Waals surface area contributed by atoms with Gasteiger partial charge in [-0.3, -0.25) is 9.59 Å². The number of nitrogens with one attached hydrogen (secondary N) is 1. The van der Waals surface area contributed by atoms with E-state index in [4.69, 9.17) is 0 Å². The lowest BCUT2D eigenvalue weighted by molar-refractivity contribution is -0.129. The molecule has 0 aromatic heterocycles. The Balaban J connectivity index is 2.01. The summed E-state index contributed by atoms with van der Waals surface area (Å²) in [7, 11) is 0. The van der Waals surface area contributed by atoms with Crippen LogP contribution in [-0.4, -0.2) is 27.8 Å². The van der Waals surface area contributed by atoms with E-state index in [1.54, 1.807) is 0 Å². The molecule has 1 unspecified atom stereocenters. The number of carbonyl (C=O) groups is 2. The van der Waals surface area contributed by atoms with Crippen LogP contribution >= 0.6 is 0 Å². The maximum absolute atomic E-state index is 12.8. The first kappa shape index (κ1) is 14.1. The van der Waals surface area contributed by atoms with Gasteiger partial charge in [0.2, 0.25) is 5.91 Å². The molecule has 0 aliphatic carbocycles. The van der Waals surface area contributed by atoms with Gasteiger partial charge in [0.15, 0.2) is 0 Å². The van der Waals surface area contributed by atoms with E-state index in [-0.39, 0.29) is 17.4 Å². The summed E-state index contributed by atoms with van der Waals surface area (Å²) < 4.78 is 0. The van der Waals surface area contributed by atoms with Crippen LogP contribution in [-0.2, 0) is 11.3 Å². The smallest absolute Gasteiger partial charge is 0.255 e. The predicted octanol–water partition coefficient (Wildman–Crippen LogP) is 2.40. The molecule has 1 saturated heterocycles. The summed E-state index contributed by atoms with van der Waals surface area (Å²) in [6.07, 6.45) is 1.17. The van der Waals surface area contributed by atoms with E-state index in [1.807, 2.05) is 43.9 Å². The van der Waals surface area contributed by atoms with Gasteiger partial charge in [0, 0.05) is 18.5 Å². The molecule has 3 rings (SSSR count). The Morgan fingerprint density at radius 1 is 1.19 bits per heavy atom. The van der Waals surface area contributed by atoms with Gasteiger partial charge >= 0.3 is 0 Å². The lowest BCUT2D eigenvalue weighted by Gasteiger charge is -2.53. The van der Waals surface area contributed by atoms with E-state index in [0.29, 0.717) is 19.4 Å². The largest absolute Gasteiger partial charge is 0.349 e. The van der Waals surface area contributed by atoms with Crippen molar-refractivity contribution in [2.75, 3.05) is 0 Å². The van der Waals surface area contributed by atoms with Crippen molar-refractivity contribution in [3.8, 4) is 0 Å². The van der Waals surface area contributed by atoms with Crippen molar-refractivity contribution in [2.45, 2.75) is 58.2 Å². The maximum Gasteiger partial charge on any atom is 0.255 e. The van der Waals surface area contributed by atoms with Crippen LogP contribution in [0, 0.1) is 6.92 Å². The summed E-state index contributed by atoms with van der Waals surface area (Å²) >= 11 is 0. The van der Waals surface area contributed by atoms with Crippen molar-refractivity contribution in [1.82, 2.24) is 10.2 Å². The zero-order chi connectivity index (χ0) is 15.4. The number of rotatable bonds is 1. The molecule has 21 heavy (non-hydrogen) atoms. The molecule has 1 N–H and O–H groups in total. The molecule has 2 heterocycles. The lowest BCUT2D eigenvalue weighted by Crippen LogP contribution is -2.69. The Labute approximate surface area is 125 Å². The molecule has 4 heteroatoms. The number of nitrogens with zero attached hydrogens (tertiary/aromatic N) is 1. The second-order valence-electron chi connectivity index (χ2n) is 6.94. The number of carbonyl (C=O) groups excluding carboxylic acids is 2. The van der Waals surface area contributed by atoms with E-state index in [9.17, 15) is 9.59 Å². The molecule has 1 fully saturated rings. The number of amides is 2. The average molecular weight is 286 g/mol. The third-order valence-electron chi connectivity index (χ3n) is 5.44. The number of benzene rings is 1. The van der Waals surface area contributed by atoms with Crippen molar-refractivity contribution in [1.29, 1.82) is 0 Å². The van der Waals surface area contributed by atoms with E-state index in [1.165, 1.54) is 0 Å². The second-order valence-corrected chi connectivity index (χ2v) is 6.94. The van der Waals surface area contributed by atoms with Crippen LogP contribution in [0.2, 0.25) is 0 Å². The van der Waals surface area contributed by atoms with Crippen molar-refractivity contribution in [2.24, 2.45) is 0 Å². The van der Waals surface area contributed by atoms with Crippen molar-refractivity contribution in [3.63, 3.8) is 0 Å². The minimum absolute atomic E-state index is 0.0674. The normalized spacial score (nSPS) is 27.5. The molecule has 112 valence electrons. The number of aryl methyl sites for hydroxylation is 1. The molecule has 0 spiro atoms. The molecule has 0 radical (unpaired) electrons. The number of hydrogen-bond acceptors (Lipinski definition) is 2. The van der Waals surface area contributed by atoms with Gasteiger partial charge in [0.25, 0.3) is 5.91 Å². The van der Waals surface area contributed by atoms with Crippen LogP contribution in [0.1, 0.15) is 55.1 Å². The third kappa shape index (κ3) is 1.88. The van der Waals surface area contributed by atoms with E-state index in [0.717, 1.165) is 16.7 Å². The molecule has 1 atom stereocenters. The Hall–Kier alpha value is -1.84. The highest BCUT2D eigenvalue weighted by molar-refractivity contribution is 5.99. The number of fused-ring (bicyclic) bond motifs is 1. The fraction of sp³-hybridized carbons (Fsp3) is 0.529. The van der Waals surface area contributed by atoms with Crippen molar-refractivity contribution < 1.29 is 9.59 Å². The van der Waals surface area contributed by atoms with Crippen LogP contribution in [0.5, 0.6) is 0 Å². The molecule has 1 aromatic carbocycles. The van der Waals surface area contributed by atoms with Crippen LogP contribution in [0.3, 0.4) is 0 Å². The SMILES string of the molecule is Cc1cccc2c1CN(C1(C)CCC(=O)NC1(C)C)C2=O. The quantitative estimate of drug-likeness (QED) is 0.862. The predicted molar refractivity (Wildman–Crippen MR) is 80.9 cm³/mol. The van der Waals surface area contributed by atoms with Crippen molar-refractivity contribution in [3.05, 3.63) is 34.9 Å². The van der Waals surface area contributed by atoms with Gasteiger partial charge in [0.05, 0.1) is 11.1 Å². The highest BCUT2D eigenvalue weighted by Gasteiger charge is 2.52. The van der Waals surface area contributed by atoms with Crippen LogP contribution in [0.4, 0.5) is 0 Å². The summed E-state index contributed by atoms with van der Waals surface area (Å²) in [5.41, 5.74) is 2.28. The third-order valence-corrected chi connectivity index (χ3v) is 5.44. The molecule has 4 nitrogen and oxygen atoms in total. The first-order chi connectivity index (χ1) is 9.76. The maximum atomic E-state index is 12.8. The highest BCUT2D eigenvalue weighted by atomic mass is 16.2. The second kappa shape index (κ2) is 4.33. The Morgan fingerprint density at radius 2 is 1.90 bits per heavy atom. The minimum atomic E-state index is -0.437. The molecular weight excluding hydrogens is 264 g/mol. The Bertz CT molecular complexity index is 636. The molecule has 1 aromatic rings. The summed E-state index contributed by atoms with van der Waals surface area (Å²) in [5.74, 6) is 0.151. The number of piperidine rings is 1. The van der Waals surface area contributed by atoms with Gasteiger partial charge in [-0.15, -0.1) is 0 Å². The van der Waals surface area contributed by atoms with Crippen LogP contribution in [0.25, 0.3) is 0 Å². The van der Waals surface area contributed by atoms with Crippen LogP contribution < -0.4 is 5.32 Å². The molecule has 2 aliphatic rings. The summed E-state index contributed by atoms with van der Waals surface area (Å²) in [6.45, 7) is 8.79. The molecular formula is C17H22N2O2. The topological polar surface area (TPSA) is 49.4 Å². The Morgan fingerprint density at radius 3 is 2.52 bits per heavy atom. The number of hydrogen-bond donors (Lipinski definition) is 1. The molecule has 0 saturated carbocycles. The molecule has 2 aliphatic heterocycles. The molecule has 0 bridgehead atoms. The Kier molecular flexibility index (Phi) is 2.91. The monoisotopic (exact) mass is 286 g/mol. The first-order valence-electron chi connectivity index (χ1n) is 7.48. The fourth-order valence-electron chi connectivity index (χ4n) is 3.57. The molecule has 2 amide bonds. The highest BCUT2D eigenvalue weighted by Crippen LogP contribution is 2.41.